The van der Waals surface area contributed by atoms with Crippen molar-refractivity contribution in [2.24, 2.45) is 0 Å². The lowest BCUT2D eigenvalue weighted by Gasteiger charge is -2.24. The van der Waals surface area contributed by atoms with E-state index in [-0.39, 0.29) is 10.5 Å². The van der Waals surface area contributed by atoms with Gasteiger partial charge >= 0.3 is 0 Å². The zero-order valence-electron chi connectivity index (χ0n) is 22.3. The second kappa shape index (κ2) is 10.7. The molecule has 1 heterocycles. The highest BCUT2D eigenvalue weighted by Crippen LogP contribution is 2.37. The maximum atomic E-state index is 12.8. The van der Waals surface area contributed by atoms with Crippen molar-refractivity contribution in [3.8, 4) is 17.3 Å². The number of rotatable bonds is 7. The Hall–Kier alpha value is -4.33. The van der Waals surface area contributed by atoms with Gasteiger partial charge in [0.05, 0.1) is 15.2 Å². The van der Waals surface area contributed by atoms with E-state index in [4.69, 9.17) is 5.26 Å². The van der Waals surface area contributed by atoms with Gasteiger partial charge in [0.15, 0.2) is 25.9 Å². The standard InChI is InChI=1S/C30H27N3O5S2/c1-30(2,40(4,37)38)24-17-23-9-6-14-32-28(23)26(18-24)22-8-5-7-20(15-22)16-27(29(34)33-19-31)21-10-12-25(13-11-21)39(3,35)36/h5-18H,1-4H3,(H,33,34)/b27-16+. The molecule has 0 aliphatic rings. The van der Waals surface area contributed by atoms with Crippen LogP contribution in [0.4, 0.5) is 0 Å². The summed E-state index contributed by atoms with van der Waals surface area (Å²) in [6.45, 7) is 3.33. The minimum atomic E-state index is -3.44. The highest BCUT2D eigenvalue weighted by atomic mass is 32.2. The number of fused-ring (bicyclic) bond motifs is 1. The Bertz CT molecular complexity index is 1920. The van der Waals surface area contributed by atoms with Crippen LogP contribution in [0.1, 0.15) is 30.5 Å². The summed E-state index contributed by atoms with van der Waals surface area (Å²) in [5.41, 5.74) is 3.99. The summed E-state index contributed by atoms with van der Waals surface area (Å²) >= 11 is 0. The molecule has 8 nitrogen and oxygen atoms in total. The minimum absolute atomic E-state index is 0.106. The number of nitriles is 1. The van der Waals surface area contributed by atoms with Gasteiger partial charge in [0.1, 0.15) is 0 Å². The quantitative estimate of drug-likeness (QED) is 0.146. The summed E-state index contributed by atoms with van der Waals surface area (Å²) in [5.74, 6) is -0.649. The minimum Gasteiger partial charge on any atom is -0.268 e. The van der Waals surface area contributed by atoms with Gasteiger partial charge in [0, 0.05) is 35.2 Å². The number of nitrogens with zero attached hydrogens (tertiary/aromatic N) is 2. The van der Waals surface area contributed by atoms with E-state index in [9.17, 15) is 21.6 Å². The summed E-state index contributed by atoms with van der Waals surface area (Å²) in [5, 5.41) is 12.0. The molecule has 204 valence electrons. The SMILES string of the molecule is CC(C)(c1cc(-c2cccc(/C=C(/C(=O)NC#N)c3ccc(S(C)(=O)=O)cc3)c2)c2ncccc2c1)S(C)(=O)=O. The number of hydrogen-bond acceptors (Lipinski definition) is 7. The van der Waals surface area contributed by atoms with Gasteiger partial charge in [-0.05, 0) is 78.6 Å². The molecule has 10 heteroatoms. The van der Waals surface area contributed by atoms with Crippen LogP contribution in [-0.2, 0) is 29.2 Å². The smallest absolute Gasteiger partial charge is 0.264 e. The van der Waals surface area contributed by atoms with Gasteiger partial charge in [-0.3, -0.25) is 15.1 Å². The fourth-order valence-electron chi connectivity index (χ4n) is 4.22. The zero-order valence-corrected chi connectivity index (χ0v) is 24.0. The van der Waals surface area contributed by atoms with E-state index in [0.29, 0.717) is 22.2 Å². The lowest BCUT2D eigenvalue weighted by Crippen LogP contribution is -2.28. The maximum absolute atomic E-state index is 12.8. The van der Waals surface area contributed by atoms with E-state index >= 15 is 0 Å². The van der Waals surface area contributed by atoms with Crippen molar-refractivity contribution >= 4 is 48.1 Å². The molecule has 0 saturated heterocycles. The van der Waals surface area contributed by atoms with Crippen molar-refractivity contribution in [1.29, 1.82) is 5.26 Å². The number of sulfone groups is 2. The number of carbonyl (C=O) groups is 1. The van der Waals surface area contributed by atoms with Crippen molar-refractivity contribution < 1.29 is 21.6 Å². The molecule has 0 fully saturated rings. The molecule has 1 N–H and O–H groups in total. The first-order chi connectivity index (χ1) is 18.7. The molecule has 4 rings (SSSR count). The molecule has 0 spiro atoms. The topological polar surface area (TPSA) is 134 Å². The number of benzene rings is 3. The third-order valence-electron chi connectivity index (χ3n) is 6.84. The molecule has 1 aromatic heterocycles. The van der Waals surface area contributed by atoms with Crippen molar-refractivity contribution in [3.05, 3.63) is 95.7 Å². The Morgan fingerprint density at radius 3 is 2.27 bits per heavy atom. The van der Waals surface area contributed by atoms with E-state index < -0.39 is 30.3 Å². The largest absolute Gasteiger partial charge is 0.268 e. The predicted octanol–water partition coefficient (Wildman–Crippen LogP) is 4.72. The van der Waals surface area contributed by atoms with Gasteiger partial charge in [-0.2, -0.15) is 5.26 Å². The zero-order chi connectivity index (χ0) is 29.3. The Morgan fingerprint density at radius 1 is 0.950 bits per heavy atom. The molecule has 4 aromatic rings. The molecule has 0 unspecified atom stereocenters. The fraction of sp³-hybridized carbons (Fsp3) is 0.167. The molecule has 0 radical (unpaired) electrons. The van der Waals surface area contributed by atoms with Gasteiger partial charge in [0.2, 0.25) is 0 Å². The third-order valence-corrected chi connectivity index (χ3v) is 10.1. The van der Waals surface area contributed by atoms with Gasteiger partial charge in [-0.15, -0.1) is 0 Å². The molecule has 0 aliphatic carbocycles. The number of pyridine rings is 1. The van der Waals surface area contributed by atoms with E-state index in [1.807, 2.05) is 30.3 Å². The number of nitrogens with one attached hydrogen (secondary N) is 1. The van der Waals surface area contributed by atoms with E-state index in [1.54, 1.807) is 50.5 Å². The number of aromatic nitrogens is 1. The summed E-state index contributed by atoms with van der Waals surface area (Å²) in [7, 11) is -6.87. The normalized spacial score (nSPS) is 12.6. The molecule has 0 atom stereocenters. The van der Waals surface area contributed by atoms with Crippen molar-refractivity contribution in [3.63, 3.8) is 0 Å². The molecular formula is C30H27N3O5S2. The molecule has 3 aromatic carbocycles. The van der Waals surface area contributed by atoms with E-state index in [1.165, 1.54) is 30.5 Å². The molecule has 40 heavy (non-hydrogen) atoms. The Morgan fingerprint density at radius 2 is 1.65 bits per heavy atom. The van der Waals surface area contributed by atoms with Crippen LogP contribution in [0, 0.1) is 11.5 Å². The first kappa shape index (κ1) is 28.7. The van der Waals surface area contributed by atoms with Crippen LogP contribution in [0.5, 0.6) is 0 Å². The number of carbonyl (C=O) groups excluding carboxylic acids is 1. The Kier molecular flexibility index (Phi) is 7.65. The van der Waals surface area contributed by atoms with Crippen LogP contribution in [-0.4, -0.2) is 40.2 Å². The molecule has 0 saturated carbocycles. The molecule has 1 amide bonds. The lowest BCUT2D eigenvalue weighted by atomic mass is 9.92. The maximum Gasteiger partial charge on any atom is 0.264 e. The average Bonchev–Trinajstić information content (AvgIpc) is 2.90. The van der Waals surface area contributed by atoms with E-state index in [2.05, 4.69) is 10.3 Å². The second-order valence-corrected chi connectivity index (χ2v) is 14.5. The summed E-state index contributed by atoms with van der Waals surface area (Å²) in [6, 6.07) is 20.5. The third kappa shape index (κ3) is 5.81. The van der Waals surface area contributed by atoms with Crippen molar-refractivity contribution in [1.82, 2.24) is 10.3 Å². The predicted molar refractivity (Wildman–Crippen MR) is 156 cm³/mol. The van der Waals surface area contributed by atoms with Crippen LogP contribution in [0.2, 0.25) is 0 Å². The lowest BCUT2D eigenvalue weighted by molar-refractivity contribution is -0.114. The highest BCUT2D eigenvalue weighted by Gasteiger charge is 2.33. The average molecular weight is 574 g/mol. The first-order valence-corrected chi connectivity index (χ1v) is 15.9. The van der Waals surface area contributed by atoms with Crippen LogP contribution >= 0.6 is 0 Å². The van der Waals surface area contributed by atoms with Gasteiger partial charge in [-0.1, -0.05) is 36.4 Å². The number of amides is 1. The highest BCUT2D eigenvalue weighted by molar-refractivity contribution is 7.91. The van der Waals surface area contributed by atoms with Crippen LogP contribution in [0.25, 0.3) is 33.7 Å². The Balaban J connectivity index is 1.89. The van der Waals surface area contributed by atoms with Crippen LogP contribution < -0.4 is 5.32 Å². The van der Waals surface area contributed by atoms with Crippen LogP contribution in [0.15, 0.2) is 83.9 Å². The summed E-state index contributed by atoms with van der Waals surface area (Å²) < 4.78 is 47.8. The van der Waals surface area contributed by atoms with E-state index in [0.717, 1.165) is 22.8 Å². The molecular weight excluding hydrogens is 546 g/mol. The number of hydrogen-bond donors (Lipinski definition) is 1. The molecule has 0 bridgehead atoms. The van der Waals surface area contributed by atoms with Gasteiger partial charge in [-0.25, -0.2) is 16.8 Å². The van der Waals surface area contributed by atoms with Crippen molar-refractivity contribution in [2.45, 2.75) is 23.5 Å². The van der Waals surface area contributed by atoms with Gasteiger partial charge < -0.3 is 0 Å². The first-order valence-electron chi connectivity index (χ1n) is 12.1. The molecule has 0 aliphatic heterocycles. The van der Waals surface area contributed by atoms with Crippen LogP contribution in [0.3, 0.4) is 0 Å². The van der Waals surface area contributed by atoms with Crippen molar-refractivity contribution in [2.75, 3.05) is 12.5 Å². The van der Waals surface area contributed by atoms with Gasteiger partial charge in [0.25, 0.3) is 5.91 Å². The summed E-state index contributed by atoms with van der Waals surface area (Å²) in [4.78, 5) is 17.5. The monoisotopic (exact) mass is 573 g/mol. The Labute approximate surface area is 233 Å². The fourth-order valence-corrected chi connectivity index (χ4v) is 5.39. The summed E-state index contributed by atoms with van der Waals surface area (Å²) in [6.07, 6.45) is 7.21. The second-order valence-electron chi connectivity index (χ2n) is 9.93.